The number of nitrogens with one attached hydrogen (secondary N) is 1. The Morgan fingerprint density at radius 2 is 1.97 bits per heavy atom. The average Bonchev–Trinajstić information content (AvgIpc) is 3.41. The largest absolute Gasteiger partial charge is 0.497 e. The van der Waals surface area contributed by atoms with Crippen LogP contribution in [-0.4, -0.2) is 30.9 Å². The van der Waals surface area contributed by atoms with Crippen LogP contribution in [0.15, 0.2) is 60.0 Å². The third-order valence-corrected chi connectivity index (χ3v) is 6.13. The predicted molar refractivity (Wildman–Crippen MR) is 116 cm³/mol. The van der Waals surface area contributed by atoms with Gasteiger partial charge >= 0.3 is 0 Å². The van der Waals surface area contributed by atoms with Crippen molar-refractivity contribution in [2.24, 2.45) is 0 Å². The number of fused-ring (bicyclic) bond motifs is 1. The summed E-state index contributed by atoms with van der Waals surface area (Å²) in [5, 5.41) is 4.87. The van der Waals surface area contributed by atoms with Crippen LogP contribution >= 0.6 is 11.3 Å². The lowest BCUT2D eigenvalue weighted by atomic mass is 10.1. The molecular formula is C23H22N2O4S. The maximum absolute atomic E-state index is 13.0. The molecule has 7 heteroatoms. The van der Waals surface area contributed by atoms with Crippen LogP contribution in [0.1, 0.15) is 33.3 Å². The standard InChI is InChI=1S/C23H22N2O4S/c1-28-16-9-10-20(29-2)18(12-16)24-22(26)13-19(21-8-5-11-30-21)25-14-15-6-3-4-7-17(15)23(25)27/h3-12,19H,13-14H2,1-2H3,(H,24,26). The Morgan fingerprint density at radius 3 is 2.67 bits per heavy atom. The molecule has 0 bridgehead atoms. The van der Waals surface area contributed by atoms with E-state index < -0.39 is 0 Å². The van der Waals surface area contributed by atoms with Crippen molar-refractivity contribution in [3.8, 4) is 11.5 Å². The summed E-state index contributed by atoms with van der Waals surface area (Å²) in [6.07, 6.45) is 0.139. The quantitative estimate of drug-likeness (QED) is 0.609. The van der Waals surface area contributed by atoms with Crippen molar-refractivity contribution >= 4 is 28.8 Å². The van der Waals surface area contributed by atoms with Crippen molar-refractivity contribution in [2.75, 3.05) is 19.5 Å². The summed E-state index contributed by atoms with van der Waals surface area (Å²) < 4.78 is 10.6. The molecule has 30 heavy (non-hydrogen) atoms. The summed E-state index contributed by atoms with van der Waals surface area (Å²) in [6, 6.07) is 16.4. The normalized spacial score (nSPS) is 13.7. The van der Waals surface area contributed by atoms with E-state index in [2.05, 4.69) is 5.32 Å². The van der Waals surface area contributed by atoms with Gasteiger partial charge in [-0.25, -0.2) is 0 Å². The molecule has 0 saturated carbocycles. The third-order valence-electron chi connectivity index (χ3n) is 5.16. The number of carbonyl (C=O) groups is 2. The van der Waals surface area contributed by atoms with E-state index >= 15 is 0 Å². The number of benzene rings is 2. The number of methoxy groups -OCH3 is 2. The van der Waals surface area contributed by atoms with Gasteiger partial charge in [0.2, 0.25) is 5.91 Å². The molecule has 2 aromatic carbocycles. The molecule has 0 saturated heterocycles. The van der Waals surface area contributed by atoms with Crippen LogP contribution in [0.25, 0.3) is 0 Å². The monoisotopic (exact) mass is 422 g/mol. The molecule has 1 N–H and O–H groups in total. The first kappa shape index (κ1) is 20.0. The highest BCUT2D eigenvalue weighted by Gasteiger charge is 2.35. The molecule has 0 spiro atoms. The van der Waals surface area contributed by atoms with Crippen LogP contribution < -0.4 is 14.8 Å². The first-order chi connectivity index (χ1) is 14.6. The molecule has 154 valence electrons. The fourth-order valence-electron chi connectivity index (χ4n) is 3.66. The summed E-state index contributed by atoms with van der Waals surface area (Å²) >= 11 is 1.54. The lowest BCUT2D eigenvalue weighted by Gasteiger charge is -2.27. The zero-order chi connectivity index (χ0) is 21.1. The van der Waals surface area contributed by atoms with Crippen LogP contribution in [-0.2, 0) is 11.3 Å². The van der Waals surface area contributed by atoms with Gasteiger partial charge < -0.3 is 19.7 Å². The van der Waals surface area contributed by atoms with Gasteiger partial charge in [-0.15, -0.1) is 11.3 Å². The Kier molecular flexibility index (Phi) is 5.72. The van der Waals surface area contributed by atoms with Crippen molar-refractivity contribution < 1.29 is 19.1 Å². The second kappa shape index (κ2) is 8.59. The smallest absolute Gasteiger partial charge is 0.255 e. The Labute approximate surface area is 179 Å². The summed E-state index contributed by atoms with van der Waals surface area (Å²) in [5.41, 5.74) is 2.22. The first-order valence-electron chi connectivity index (χ1n) is 9.55. The van der Waals surface area contributed by atoms with Gasteiger partial charge in [-0.2, -0.15) is 0 Å². The summed E-state index contributed by atoms with van der Waals surface area (Å²) in [7, 11) is 3.11. The molecule has 0 radical (unpaired) electrons. The molecule has 1 aliphatic heterocycles. The second-order valence-corrected chi connectivity index (χ2v) is 7.92. The fourth-order valence-corrected chi connectivity index (χ4v) is 4.50. The number of carbonyl (C=O) groups excluding carboxylic acids is 2. The van der Waals surface area contributed by atoms with Crippen molar-refractivity contribution in [2.45, 2.75) is 19.0 Å². The molecular weight excluding hydrogens is 400 g/mol. The van der Waals surface area contributed by atoms with E-state index in [4.69, 9.17) is 9.47 Å². The molecule has 0 aliphatic carbocycles. The molecule has 2 heterocycles. The van der Waals surface area contributed by atoms with Gasteiger partial charge in [0.15, 0.2) is 0 Å². The molecule has 1 aliphatic rings. The van der Waals surface area contributed by atoms with Gasteiger partial charge in [0.25, 0.3) is 5.91 Å². The molecule has 1 unspecified atom stereocenters. The fraction of sp³-hybridized carbons (Fsp3) is 0.217. The maximum atomic E-state index is 13.0. The number of hydrogen-bond donors (Lipinski definition) is 1. The lowest BCUT2D eigenvalue weighted by Crippen LogP contribution is -2.31. The van der Waals surface area contributed by atoms with E-state index in [0.717, 1.165) is 10.4 Å². The van der Waals surface area contributed by atoms with Crippen LogP contribution in [0.4, 0.5) is 5.69 Å². The van der Waals surface area contributed by atoms with E-state index in [-0.39, 0.29) is 24.3 Å². The van der Waals surface area contributed by atoms with Crippen molar-refractivity contribution in [1.82, 2.24) is 4.90 Å². The minimum atomic E-state index is -0.346. The van der Waals surface area contributed by atoms with Crippen molar-refractivity contribution in [1.29, 1.82) is 0 Å². The molecule has 0 fully saturated rings. The number of amides is 2. The topological polar surface area (TPSA) is 67.9 Å². The highest BCUT2D eigenvalue weighted by molar-refractivity contribution is 7.10. The number of thiophene rings is 1. The minimum absolute atomic E-state index is 0.0456. The molecule has 1 aromatic heterocycles. The minimum Gasteiger partial charge on any atom is -0.497 e. The van der Waals surface area contributed by atoms with E-state index in [0.29, 0.717) is 29.3 Å². The Bertz CT molecular complexity index is 1060. The number of hydrogen-bond acceptors (Lipinski definition) is 5. The van der Waals surface area contributed by atoms with Gasteiger partial charge in [-0.05, 0) is 35.2 Å². The third kappa shape index (κ3) is 3.89. The zero-order valence-corrected chi connectivity index (χ0v) is 17.6. The van der Waals surface area contributed by atoms with E-state index in [9.17, 15) is 9.59 Å². The summed E-state index contributed by atoms with van der Waals surface area (Å²) in [5.74, 6) is 0.909. The number of ether oxygens (including phenoxy) is 2. The molecule has 4 rings (SSSR count). The van der Waals surface area contributed by atoms with E-state index in [1.165, 1.54) is 0 Å². The summed E-state index contributed by atoms with van der Waals surface area (Å²) in [4.78, 5) is 28.8. The molecule has 6 nitrogen and oxygen atoms in total. The van der Waals surface area contributed by atoms with Crippen LogP contribution in [0.2, 0.25) is 0 Å². The van der Waals surface area contributed by atoms with Crippen molar-refractivity contribution in [3.05, 3.63) is 76.0 Å². The van der Waals surface area contributed by atoms with E-state index in [1.807, 2.05) is 41.8 Å². The number of rotatable bonds is 7. The predicted octanol–water partition coefficient (Wildman–Crippen LogP) is 4.49. The van der Waals surface area contributed by atoms with Crippen LogP contribution in [0.3, 0.4) is 0 Å². The molecule has 3 aromatic rings. The number of nitrogens with zero attached hydrogens (tertiary/aromatic N) is 1. The Hall–Kier alpha value is -3.32. The van der Waals surface area contributed by atoms with Crippen molar-refractivity contribution in [3.63, 3.8) is 0 Å². The molecule has 1 atom stereocenters. The molecule has 2 amide bonds. The zero-order valence-electron chi connectivity index (χ0n) is 16.8. The van der Waals surface area contributed by atoms with Gasteiger partial charge in [-0.1, -0.05) is 24.3 Å². The number of anilines is 1. The second-order valence-electron chi connectivity index (χ2n) is 6.94. The first-order valence-corrected chi connectivity index (χ1v) is 10.4. The van der Waals surface area contributed by atoms with Gasteiger partial charge in [0, 0.05) is 23.1 Å². The van der Waals surface area contributed by atoms with Gasteiger partial charge in [-0.3, -0.25) is 9.59 Å². The van der Waals surface area contributed by atoms with E-state index in [1.54, 1.807) is 48.7 Å². The lowest BCUT2D eigenvalue weighted by molar-refractivity contribution is -0.117. The van der Waals surface area contributed by atoms with Gasteiger partial charge in [0.05, 0.1) is 32.4 Å². The maximum Gasteiger partial charge on any atom is 0.255 e. The van der Waals surface area contributed by atoms with Crippen LogP contribution in [0, 0.1) is 0 Å². The SMILES string of the molecule is COc1ccc(OC)c(NC(=O)CC(c2cccs2)N2Cc3ccccc3C2=O)c1. The average molecular weight is 423 g/mol. The highest BCUT2D eigenvalue weighted by Crippen LogP contribution is 2.36. The van der Waals surface area contributed by atoms with Gasteiger partial charge in [0.1, 0.15) is 11.5 Å². The Morgan fingerprint density at radius 1 is 1.13 bits per heavy atom. The Balaban J connectivity index is 1.57. The highest BCUT2D eigenvalue weighted by atomic mass is 32.1. The van der Waals surface area contributed by atoms with Crippen LogP contribution in [0.5, 0.6) is 11.5 Å². The summed E-state index contributed by atoms with van der Waals surface area (Å²) in [6.45, 7) is 0.493.